The van der Waals surface area contributed by atoms with E-state index in [2.05, 4.69) is 89.7 Å². The van der Waals surface area contributed by atoms with Crippen molar-refractivity contribution in [2.24, 2.45) is 5.92 Å². The van der Waals surface area contributed by atoms with E-state index in [0.717, 1.165) is 43.7 Å². The van der Waals surface area contributed by atoms with Gasteiger partial charge in [0.1, 0.15) is 5.56 Å². The second-order valence-corrected chi connectivity index (χ2v) is 7.14. The van der Waals surface area contributed by atoms with Crippen LogP contribution in [0.3, 0.4) is 0 Å². The third kappa shape index (κ3) is 6.14. The van der Waals surface area contributed by atoms with Gasteiger partial charge in [0.05, 0.1) is 5.82 Å². The number of rotatable bonds is 8. The number of aromatic nitrogens is 1. The fraction of sp³-hybridized carbons (Fsp3) is 0.292. The largest absolute Gasteiger partial charge is 0.372 e. The predicted molar refractivity (Wildman–Crippen MR) is 114 cm³/mol. The maximum atomic E-state index is 4.07. The summed E-state index contributed by atoms with van der Waals surface area (Å²) in [6.07, 6.45) is 16.9. The molecule has 3 heteroatoms. The molecule has 0 fully saturated rings. The van der Waals surface area contributed by atoms with Gasteiger partial charge in [-0.25, -0.2) is 0 Å². The first kappa shape index (κ1) is 19.0. The molecule has 0 aliphatic heterocycles. The molecule has 1 aliphatic carbocycles. The Labute approximate surface area is 163 Å². The monoisotopic (exact) mass is 360 g/mol. The van der Waals surface area contributed by atoms with Crippen LogP contribution in [0.5, 0.6) is 0 Å². The summed E-state index contributed by atoms with van der Waals surface area (Å²) in [5.74, 6) is 1.36. The van der Waals surface area contributed by atoms with E-state index in [1.807, 2.05) is 12.1 Å². The average Bonchev–Trinajstić information content (AvgIpc) is 3.17. The van der Waals surface area contributed by atoms with Crippen LogP contribution in [0, 0.1) is 12.8 Å². The van der Waals surface area contributed by atoms with Crippen molar-refractivity contribution in [1.82, 2.24) is 15.2 Å². The second-order valence-electron chi connectivity index (χ2n) is 7.14. The van der Waals surface area contributed by atoms with E-state index >= 15 is 0 Å². The number of nitrogens with zero attached hydrogens (tertiary/aromatic N) is 1. The van der Waals surface area contributed by atoms with E-state index in [-0.39, 0.29) is 0 Å². The van der Waals surface area contributed by atoms with Crippen molar-refractivity contribution >= 4 is 0 Å². The van der Waals surface area contributed by atoms with E-state index < -0.39 is 0 Å². The predicted octanol–water partition coefficient (Wildman–Crippen LogP) is 4.97. The molecule has 0 amide bonds. The van der Waals surface area contributed by atoms with E-state index in [4.69, 9.17) is 0 Å². The number of allylic oxidation sites excluding steroid dienone is 4. The number of benzene rings is 1. The van der Waals surface area contributed by atoms with Crippen molar-refractivity contribution in [1.29, 1.82) is 0 Å². The van der Waals surface area contributed by atoms with Crippen LogP contribution >= 0.6 is 0 Å². The third-order valence-corrected chi connectivity index (χ3v) is 4.98. The molecule has 1 aromatic carbocycles. The van der Waals surface area contributed by atoms with Crippen LogP contribution in [0.1, 0.15) is 36.4 Å². The first-order valence-corrected chi connectivity index (χ1v) is 9.74. The van der Waals surface area contributed by atoms with E-state index in [0.29, 0.717) is 12.0 Å². The topological polar surface area (TPSA) is 29.0 Å². The third-order valence-electron chi connectivity index (χ3n) is 4.98. The highest BCUT2D eigenvalue weighted by atomic mass is 15.1. The summed E-state index contributed by atoms with van der Waals surface area (Å²) in [5.41, 5.74) is 2.27. The Morgan fingerprint density at radius 3 is 2.37 bits per heavy atom. The van der Waals surface area contributed by atoms with Crippen LogP contribution in [-0.2, 0) is 6.54 Å². The molecule has 0 saturated heterocycles. The number of hydrogen-bond donors (Lipinski definition) is 2. The van der Waals surface area contributed by atoms with Gasteiger partial charge in [-0.2, -0.15) is 0 Å². The summed E-state index contributed by atoms with van der Waals surface area (Å²) in [6, 6.07) is 13.0. The first-order chi connectivity index (χ1) is 13.2. The Morgan fingerprint density at radius 2 is 1.70 bits per heavy atom. The second kappa shape index (κ2) is 9.77. The Balaban J connectivity index is 1.36. The molecule has 2 aromatic rings. The van der Waals surface area contributed by atoms with Crippen molar-refractivity contribution in [2.75, 3.05) is 6.54 Å². The van der Waals surface area contributed by atoms with Gasteiger partial charge in [0.15, 0.2) is 0 Å². The molecule has 1 aliphatic rings. The fourth-order valence-corrected chi connectivity index (χ4v) is 3.33. The summed E-state index contributed by atoms with van der Waals surface area (Å²) < 4.78 is 2.30. The standard InChI is InChI=1S/C24H30N3/c1-20-11-13-23(14-12-20)19-26-21(2)25-16-15-22-7-5-9-24(10-6-8-22)27-17-3-4-18-27/h3-8,11-14,17-18,22,24-26H,1-2,9-10,15-16,19H2/q+1/b7-5+,8-6?. The lowest BCUT2D eigenvalue weighted by molar-refractivity contribution is 0.507. The van der Waals surface area contributed by atoms with Crippen LogP contribution in [0.2, 0.25) is 0 Å². The lowest BCUT2D eigenvalue weighted by atomic mass is 9.98. The van der Waals surface area contributed by atoms with Gasteiger partial charge in [0, 0.05) is 62.7 Å². The smallest absolute Gasteiger partial charge is 0.126 e. The van der Waals surface area contributed by atoms with Crippen LogP contribution in [0.4, 0.5) is 0 Å². The van der Waals surface area contributed by atoms with Crippen molar-refractivity contribution < 1.29 is 0 Å². The molecule has 0 radical (unpaired) electrons. The lowest BCUT2D eigenvalue weighted by Crippen LogP contribution is -2.26. The molecule has 1 heterocycles. The molecule has 2 unspecified atom stereocenters. The molecule has 0 saturated carbocycles. The van der Waals surface area contributed by atoms with Crippen LogP contribution in [0.15, 0.2) is 85.5 Å². The lowest BCUT2D eigenvalue weighted by Gasteiger charge is -2.19. The SMILES string of the molecule is C=C(NCCC1C=CCC(n2cccc2)C/C=C/1)NCc1ccc([CH2+])cc1. The zero-order valence-electron chi connectivity index (χ0n) is 16.0. The Bertz CT molecular complexity index is 737. The molecule has 3 rings (SSSR count). The summed E-state index contributed by atoms with van der Waals surface area (Å²) in [7, 11) is 0. The van der Waals surface area contributed by atoms with Crippen LogP contribution < -0.4 is 10.6 Å². The maximum Gasteiger partial charge on any atom is 0.126 e. The van der Waals surface area contributed by atoms with Gasteiger partial charge >= 0.3 is 0 Å². The number of hydrogen-bond acceptors (Lipinski definition) is 2. The van der Waals surface area contributed by atoms with Crippen LogP contribution in [0.25, 0.3) is 0 Å². The van der Waals surface area contributed by atoms with Gasteiger partial charge in [-0.15, -0.1) is 0 Å². The van der Waals surface area contributed by atoms with Gasteiger partial charge in [0.2, 0.25) is 0 Å². The molecule has 2 atom stereocenters. The molecular formula is C24H30N3+. The van der Waals surface area contributed by atoms with Crippen molar-refractivity contribution in [3.05, 3.63) is 104 Å². The van der Waals surface area contributed by atoms with Gasteiger partial charge in [-0.3, -0.25) is 0 Å². The Morgan fingerprint density at radius 1 is 1.04 bits per heavy atom. The quantitative estimate of drug-likeness (QED) is 0.514. The highest BCUT2D eigenvalue weighted by molar-refractivity contribution is 5.24. The fourth-order valence-electron chi connectivity index (χ4n) is 3.33. The molecule has 2 N–H and O–H groups in total. The van der Waals surface area contributed by atoms with Crippen molar-refractivity contribution in [3.63, 3.8) is 0 Å². The summed E-state index contributed by atoms with van der Waals surface area (Å²) in [6.45, 7) is 9.66. The maximum absolute atomic E-state index is 4.07. The van der Waals surface area contributed by atoms with Crippen molar-refractivity contribution in [2.45, 2.75) is 31.8 Å². The van der Waals surface area contributed by atoms with E-state index in [1.165, 1.54) is 5.56 Å². The number of nitrogens with one attached hydrogen (secondary N) is 2. The molecule has 27 heavy (non-hydrogen) atoms. The molecule has 0 spiro atoms. The summed E-state index contributed by atoms with van der Waals surface area (Å²) in [4.78, 5) is 0. The van der Waals surface area contributed by atoms with Crippen molar-refractivity contribution in [3.8, 4) is 0 Å². The minimum absolute atomic E-state index is 0.487. The van der Waals surface area contributed by atoms with Gasteiger partial charge in [0.25, 0.3) is 0 Å². The minimum atomic E-state index is 0.487. The summed E-state index contributed by atoms with van der Waals surface area (Å²) in [5, 5.41) is 6.72. The van der Waals surface area contributed by atoms with Crippen LogP contribution in [-0.4, -0.2) is 11.1 Å². The van der Waals surface area contributed by atoms with Gasteiger partial charge in [-0.1, -0.05) is 30.9 Å². The molecule has 140 valence electrons. The minimum Gasteiger partial charge on any atom is -0.372 e. The van der Waals surface area contributed by atoms with Gasteiger partial charge < -0.3 is 15.2 Å². The van der Waals surface area contributed by atoms with Gasteiger partial charge in [-0.05, 0) is 42.9 Å². The normalized spacial score (nSPS) is 20.4. The first-order valence-electron chi connectivity index (χ1n) is 9.74. The summed E-state index contributed by atoms with van der Waals surface area (Å²) >= 11 is 0. The average molecular weight is 361 g/mol. The molecule has 0 bridgehead atoms. The molecular weight excluding hydrogens is 330 g/mol. The molecule has 1 aromatic heterocycles. The molecule has 3 nitrogen and oxygen atoms in total. The Kier molecular flexibility index (Phi) is 6.86. The highest BCUT2D eigenvalue weighted by Crippen LogP contribution is 2.22. The highest BCUT2D eigenvalue weighted by Gasteiger charge is 2.10. The Hall–Kier alpha value is -2.81. The zero-order valence-corrected chi connectivity index (χ0v) is 16.0. The zero-order chi connectivity index (χ0) is 18.9. The van der Waals surface area contributed by atoms with E-state index in [9.17, 15) is 0 Å². The van der Waals surface area contributed by atoms with E-state index in [1.54, 1.807) is 0 Å².